The van der Waals surface area contributed by atoms with Gasteiger partial charge in [0.15, 0.2) is 5.69 Å². The molecule has 2 unspecified atom stereocenters. The molecule has 1 saturated heterocycles. The zero-order valence-electron chi connectivity index (χ0n) is 17.5. The topological polar surface area (TPSA) is 47.4 Å². The van der Waals surface area contributed by atoms with Crippen LogP contribution >= 0.6 is 11.8 Å². The first kappa shape index (κ1) is 19.4. The van der Waals surface area contributed by atoms with Gasteiger partial charge < -0.3 is 9.64 Å². The van der Waals surface area contributed by atoms with Crippen LogP contribution in [0.25, 0.3) is 5.57 Å². The fraction of sp³-hybridized carbons (Fsp3) is 0.652. The lowest BCUT2D eigenvalue weighted by molar-refractivity contribution is -0.0587. The molecule has 0 radical (unpaired) electrons. The Morgan fingerprint density at radius 2 is 1.83 bits per heavy atom. The van der Waals surface area contributed by atoms with E-state index in [1.807, 2.05) is 30.5 Å². The number of allylic oxidation sites excluding steroid dienone is 3. The number of aromatic nitrogens is 2. The minimum atomic E-state index is 0.0731. The van der Waals surface area contributed by atoms with Crippen molar-refractivity contribution >= 4 is 23.2 Å². The maximum Gasteiger partial charge on any atom is 0.274 e. The molecule has 0 aromatic carbocycles. The summed E-state index contributed by atoms with van der Waals surface area (Å²) in [7, 11) is 0. The van der Waals surface area contributed by atoms with Gasteiger partial charge in [0.05, 0.1) is 23.9 Å². The molecule has 3 heterocycles. The number of thioether (sulfide) groups is 1. The maximum atomic E-state index is 13.6. The third-order valence-electron chi connectivity index (χ3n) is 6.58. The van der Waals surface area contributed by atoms with Crippen molar-refractivity contribution in [2.75, 3.05) is 13.1 Å². The highest BCUT2D eigenvalue weighted by atomic mass is 32.2. The number of rotatable bonds is 2. The molecule has 0 bridgehead atoms. The first-order valence-corrected chi connectivity index (χ1v) is 12.2. The molecule has 6 heteroatoms. The Morgan fingerprint density at radius 1 is 1.10 bits per heavy atom. The standard InChI is InChI=1S/C23H31N3O2S/c1-15-12-25(13-16(2)28-15)23(27)21-19-14-29-20-11-7-6-10-18(20)22(19)26(24-21)17-8-4-3-5-9-17/h10-11,15-17H,3-9,12-14H2,1-2H3. The van der Waals surface area contributed by atoms with Gasteiger partial charge in [-0.3, -0.25) is 9.48 Å². The smallest absolute Gasteiger partial charge is 0.274 e. The number of morpholine rings is 1. The molecule has 1 aromatic rings. The molecule has 1 amide bonds. The van der Waals surface area contributed by atoms with E-state index in [0.717, 1.165) is 24.2 Å². The Labute approximate surface area is 177 Å². The van der Waals surface area contributed by atoms with Crippen molar-refractivity contribution in [3.63, 3.8) is 0 Å². The Kier molecular flexibility index (Phi) is 5.33. The molecule has 1 aromatic heterocycles. The van der Waals surface area contributed by atoms with Crippen LogP contribution in [0.4, 0.5) is 0 Å². The molecule has 29 heavy (non-hydrogen) atoms. The molecule has 2 fully saturated rings. The van der Waals surface area contributed by atoms with Gasteiger partial charge in [0.25, 0.3) is 5.91 Å². The van der Waals surface area contributed by atoms with Crippen LogP contribution in [0.2, 0.25) is 0 Å². The summed E-state index contributed by atoms with van der Waals surface area (Å²) >= 11 is 1.87. The Balaban J connectivity index is 1.56. The molecule has 5 rings (SSSR count). The Hall–Kier alpha value is -1.53. The first-order valence-electron chi connectivity index (χ1n) is 11.2. The van der Waals surface area contributed by atoms with Gasteiger partial charge in [0.1, 0.15) is 0 Å². The minimum Gasteiger partial charge on any atom is -0.372 e. The number of hydrogen-bond acceptors (Lipinski definition) is 4. The lowest BCUT2D eigenvalue weighted by atomic mass is 9.94. The van der Waals surface area contributed by atoms with Gasteiger partial charge >= 0.3 is 0 Å². The summed E-state index contributed by atoms with van der Waals surface area (Å²) in [5.74, 6) is 0.934. The zero-order valence-corrected chi connectivity index (χ0v) is 18.3. The lowest BCUT2D eigenvalue weighted by Gasteiger charge is -2.35. The lowest BCUT2D eigenvalue weighted by Crippen LogP contribution is -2.48. The van der Waals surface area contributed by atoms with Crippen molar-refractivity contribution in [2.45, 2.75) is 82.8 Å². The molecule has 2 aliphatic heterocycles. The van der Waals surface area contributed by atoms with Crippen molar-refractivity contribution in [3.8, 4) is 0 Å². The number of carbonyl (C=O) groups excluding carboxylic acids is 1. The van der Waals surface area contributed by atoms with Gasteiger partial charge in [-0.15, -0.1) is 11.8 Å². The van der Waals surface area contributed by atoms with Crippen LogP contribution in [0.3, 0.4) is 0 Å². The molecular weight excluding hydrogens is 382 g/mol. The Morgan fingerprint density at radius 3 is 2.59 bits per heavy atom. The van der Waals surface area contributed by atoms with E-state index in [9.17, 15) is 4.79 Å². The van der Waals surface area contributed by atoms with E-state index >= 15 is 0 Å². The van der Waals surface area contributed by atoms with Crippen molar-refractivity contribution in [2.24, 2.45) is 0 Å². The summed E-state index contributed by atoms with van der Waals surface area (Å²) in [6, 6.07) is 0.425. The van der Waals surface area contributed by atoms with E-state index in [2.05, 4.69) is 16.8 Å². The number of nitrogens with zero attached hydrogens (tertiary/aromatic N) is 3. The van der Waals surface area contributed by atoms with Crippen LogP contribution in [0.5, 0.6) is 0 Å². The molecule has 0 N–H and O–H groups in total. The van der Waals surface area contributed by atoms with E-state index in [1.54, 1.807) is 0 Å². The normalized spacial score (nSPS) is 27.7. The highest BCUT2D eigenvalue weighted by molar-refractivity contribution is 8.03. The average molecular weight is 414 g/mol. The van der Waals surface area contributed by atoms with E-state index in [1.165, 1.54) is 48.3 Å². The van der Waals surface area contributed by atoms with Crippen LogP contribution in [0, 0.1) is 0 Å². The summed E-state index contributed by atoms with van der Waals surface area (Å²) in [5.41, 5.74) is 4.40. The van der Waals surface area contributed by atoms with Crippen molar-refractivity contribution in [1.82, 2.24) is 14.7 Å². The van der Waals surface area contributed by atoms with Crippen LogP contribution in [-0.2, 0) is 10.5 Å². The minimum absolute atomic E-state index is 0.0731. The van der Waals surface area contributed by atoms with Gasteiger partial charge in [-0.1, -0.05) is 31.4 Å². The second kappa shape index (κ2) is 7.95. The average Bonchev–Trinajstić information content (AvgIpc) is 3.13. The second-order valence-corrected chi connectivity index (χ2v) is 9.95. The summed E-state index contributed by atoms with van der Waals surface area (Å²) in [6.07, 6.45) is 13.3. The highest BCUT2D eigenvalue weighted by Gasteiger charge is 2.36. The van der Waals surface area contributed by atoms with Gasteiger partial charge in [-0.05, 0) is 39.5 Å². The van der Waals surface area contributed by atoms with E-state index in [4.69, 9.17) is 9.84 Å². The molecule has 2 atom stereocenters. The monoisotopic (exact) mass is 413 g/mol. The van der Waals surface area contributed by atoms with Crippen LogP contribution in [0.15, 0.2) is 17.1 Å². The largest absolute Gasteiger partial charge is 0.372 e. The predicted molar refractivity (Wildman–Crippen MR) is 117 cm³/mol. The highest BCUT2D eigenvalue weighted by Crippen LogP contribution is 2.47. The van der Waals surface area contributed by atoms with Crippen LogP contribution < -0.4 is 0 Å². The third kappa shape index (κ3) is 3.59. The molecular formula is C23H31N3O2S. The molecule has 1 saturated carbocycles. The SMILES string of the molecule is CC1CN(C(=O)c2nn(C3CCCCC3)c3c2CSC2=CCCC=C23)CC(C)O1. The Bertz CT molecular complexity index is 856. The molecule has 2 aliphatic carbocycles. The second-order valence-electron chi connectivity index (χ2n) is 8.93. The quantitative estimate of drug-likeness (QED) is 0.689. The number of ether oxygens (including phenoxy) is 1. The fourth-order valence-electron chi connectivity index (χ4n) is 5.30. The van der Waals surface area contributed by atoms with Crippen molar-refractivity contribution < 1.29 is 9.53 Å². The van der Waals surface area contributed by atoms with E-state index in [-0.39, 0.29) is 18.1 Å². The third-order valence-corrected chi connectivity index (χ3v) is 7.71. The van der Waals surface area contributed by atoms with Crippen molar-refractivity contribution in [3.05, 3.63) is 34.0 Å². The van der Waals surface area contributed by atoms with Gasteiger partial charge in [0, 0.05) is 34.9 Å². The van der Waals surface area contributed by atoms with Crippen LogP contribution in [0.1, 0.15) is 86.6 Å². The number of carbonyl (C=O) groups is 1. The van der Waals surface area contributed by atoms with E-state index < -0.39 is 0 Å². The van der Waals surface area contributed by atoms with E-state index in [0.29, 0.717) is 24.8 Å². The molecule has 5 nitrogen and oxygen atoms in total. The van der Waals surface area contributed by atoms with Crippen LogP contribution in [-0.4, -0.2) is 45.9 Å². The fourth-order valence-corrected chi connectivity index (χ4v) is 6.44. The number of hydrogen-bond donors (Lipinski definition) is 0. The van der Waals surface area contributed by atoms with Gasteiger partial charge in [-0.2, -0.15) is 5.10 Å². The molecule has 156 valence electrons. The summed E-state index contributed by atoms with van der Waals surface area (Å²) < 4.78 is 8.10. The molecule has 0 spiro atoms. The first-order chi connectivity index (χ1) is 14.1. The summed E-state index contributed by atoms with van der Waals surface area (Å²) in [4.78, 5) is 16.9. The summed E-state index contributed by atoms with van der Waals surface area (Å²) in [6.45, 7) is 5.39. The number of amides is 1. The maximum absolute atomic E-state index is 13.6. The molecule has 4 aliphatic rings. The van der Waals surface area contributed by atoms with Gasteiger partial charge in [0.2, 0.25) is 0 Å². The summed E-state index contributed by atoms with van der Waals surface area (Å²) in [5, 5.41) is 5.03. The zero-order chi connectivity index (χ0) is 20.0. The number of fused-ring (bicyclic) bond motifs is 3. The van der Waals surface area contributed by atoms with Crippen molar-refractivity contribution in [1.29, 1.82) is 0 Å². The van der Waals surface area contributed by atoms with Gasteiger partial charge in [-0.25, -0.2) is 0 Å². The predicted octanol–water partition coefficient (Wildman–Crippen LogP) is 4.95.